The van der Waals surface area contributed by atoms with Crippen molar-refractivity contribution in [1.29, 1.82) is 0 Å². The van der Waals surface area contributed by atoms with Gasteiger partial charge >= 0.3 is 0 Å². The lowest BCUT2D eigenvalue weighted by molar-refractivity contribution is 0.0700. The number of hydrogen-bond donors (Lipinski definition) is 0. The molecular formula is C11H18N2. The fourth-order valence-corrected chi connectivity index (χ4v) is 2.59. The van der Waals surface area contributed by atoms with Crippen LogP contribution in [0.4, 0.5) is 0 Å². The highest BCUT2D eigenvalue weighted by Crippen LogP contribution is 2.23. The van der Waals surface area contributed by atoms with E-state index in [1.54, 1.807) is 0 Å². The second kappa shape index (κ2) is 3.69. The Bertz CT molecular complexity index is 219. The van der Waals surface area contributed by atoms with Gasteiger partial charge in [0.15, 0.2) is 0 Å². The molecule has 0 aliphatic carbocycles. The molecule has 0 saturated carbocycles. The van der Waals surface area contributed by atoms with Crippen LogP contribution in [0, 0.1) is 12.3 Å². The summed E-state index contributed by atoms with van der Waals surface area (Å²) in [6.07, 6.45) is 8.10. The van der Waals surface area contributed by atoms with Gasteiger partial charge in [0.25, 0.3) is 0 Å². The van der Waals surface area contributed by atoms with Crippen molar-refractivity contribution in [1.82, 2.24) is 9.80 Å². The molecule has 2 heterocycles. The zero-order chi connectivity index (χ0) is 9.26. The van der Waals surface area contributed by atoms with Crippen LogP contribution in [0.2, 0.25) is 0 Å². The Kier molecular flexibility index (Phi) is 2.57. The smallest absolute Gasteiger partial charge is 0.0602 e. The largest absolute Gasteiger partial charge is 0.298 e. The second-order valence-electron chi connectivity index (χ2n) is 4.27. The van der Waals surface area contributed by atoms with Crippen molar-refractivity contribution in [3.05, 3.63) is 0 Å². The third-order valence-corrected chi connectivity index (χ3v) is 3.36. The van der Waals surface area contributed by atoms with Crippen LogP contribution >= 0.6 is 0 Å². The molecule has 0 amide bonds. The lowest BCUT2D eigenvalue weighted by Crippen LogP contribution is -2.54. The summed E-state index contributed by atoms with van der Waals surface area (Å²) in [4.78, 5) is 5.06. The molecule has 13 heavy (non-hydrogen) atoms. The van der Waals surface area contributed by atoms with Gasteiger partial charge in [-0.1, -0.05) is 5.92 Å². The highest BCUT2D eigenvalue weighted by Gasteiger charge is 2.33. The molecule has 2 rings (SSSR count). The Morgan fingerprint density at radius 3 is 3.08 bits per heavy atom. The minimum atomic E-state index is 0.644. The molecule has 0 aromatic rings. The summed E-state index contributed by atoms with van der Waals surface area (Å²) in [5.74, 6) is 2.76. The Balaban J connectivity index is 1.97. The lowest BCUT2D eigenvalue weighted by atomic mass is 10.1. The van der Waals surface area contributed by atoms with Crippen LogP contribution in [0.1, 0.15) is 19.8 Å². The van der Waals surface area contributed by atoms with Gasteiger partial charge in [-0.25, -0.2) is 0 Å². The Labute approximate surface area is 80.9 Å². The zero-order valence-electron chi connectivity index (χ0n) is 8.37. The third kappa shape index (κ3) is 1.72. The van der Waals surface area contributed by atoms with E-state index in [1.165, 1.54) is 32.5 Å². The summed E-state index contributed by atoms with van der Waals surface area (Å²) >= 11 is 0. The van der Waals surface area contributed by atoms with Crippen LogP contribution in [-0.4, -0.2) is 48.1 Å². The Morgan fingerprint density at radius 2 is 2.31 bits per heavy atom. The molecule has 2 unspecified atom stereocenters. The maximum atomic E-state index is 5.35. The first-order valence-electron chi connectivity index (χ1n) is 5.23. The van der Waals surface area contributed by atoms with Crippen molar-refractivity contribution in [3.63, 3.8) is 0 Å². The summed E-state index contributed by atoms with van der Waals surface area (Å²) < 4.78 is 0. The van der Waals surface area contributed by atoms with E-state index < -0.39 is 0 Å². The highest BCUT2D eigenvalue weighted by molar-refractivity contribution is 4.96. The number of piperazine rings is 1. The van der Waals surface area contributed by atoms with Crippen molar-refractivity contribution in [2.24, 2.45) is 0 Å². The van der Waals surface area contributed by atoms with E-state index in [4.69, 9.17) is 6.42 Å². The van der Waals surface area contributed by atoms with Gasteiger partial charge in [-0.15, -0.1) is 6.42 Å². The first-order valence-corrected chi connectivity index (χ1v) is 5.23. The van der Waals surface area contributed by atoms with E-state index in [9.17, 15) is 0 Å². The van der Waals surface area contributed by atoms with Gasteiger partial charge in [0.1, 0.15) is 0 Å². The fourth-order valence-electron chi connectivity index (χ4n) is 2.59. The quantitative estimate of drug-likeness (QED) is 0.548. The minimum Gasteiger partial charge on any atom is -0.298 e. The monoisotopic (exact) mass is 178 g/mol. The summed E-state index contributed by atoms with van der Waals surface area (Å²) in [6.45, 7) is 6.81. The molecule has 0 aromatic heterocycles. The fraction of sp³-hybridized carbons (Fsp3) is 0.818. The average Bonchev–Trinajstić information content (AvgIpc) is 2.52. The molecule has 2 nitrogen and oxygen atoms in total. The number of terminal acetylenes is 1. The molecule has 2 heteroatoms. The molecule has 0 bridgehead atoms. The molecule has 0 aromatic carbocycles. The first kappa shape index (κ1) is 9.05. The van der Waals surface area contributed by atoms with Crippen LogP contribution < -0.4 is 0 Å². The molecule has 0 radical (unpaired) electrons. The van der Waals surface area contributed by atoms with Gasteiger partial charge in [0.05, 0.1) is 6.54 Å². The van der Waals surface area contributed by atoms with E-state index in [0.717, 1.165) is 12.6 Å². The highest BCUT2D eigenvalue weighted by atomic mass is 15.3. The van der Waals surface area contributed by atoms with E-state index in [0.29, 0.717) is 6.04 Å². The standard InChI is InChI=1S/C11H18N2/c1-3-6-12-9-11-5-4-7-13(11)8-10(12)2/h1,10-11H,4-9H2,2H3. The van der Waals surface area contributed by atoms with Crippen molar-refractivity contribution >= 4 is 0 Å². The normalized spacial score (nSPS) is 35.7. The van der Waals surface area contributed by atoms with Crippen molar-refractivity contribution < 1.29 is 0 Å². The second-order valence-corrected chi connectivity index (χ2v) is 4.27. The Hall–Kier alpha value is -0.520. The topological polar surface area (TPSA) is 6.48 Å². The number of hydrogen-bond acceptors (Lipinski definition) is 2. The summed E-state index contributed by atoms with van der Waals surface area (Å²) in [7, 11) is 0. The summed E-state index contributed by atoms with van der Waals surface area (Å²) in [6, 6.07) is 1.44. The Morgan fingerprint density at radius 1 is 1.46 bits per heavy atom. The summed E-state index contributed by atoms with van der Waals surface area (Å²) in [5, 5.41) is 0. The predicted molar refractivity (Wildman–Crippen MR) is 54.5 cm³/mol. The molecule has 2 fully saturated rings. The lowest BCUT2D eigenvalue weighted by Gasteiger charge is -2.41. The third-order valence-electron chi connectivity index (χ3n) is 3.36. The molecule has 72 valence electrons. The van der Waals surface area contributed by atoms with Gasteiger partial charge in [-0.3, -0.25) is 9.80 Å². The molecule has 0 N–H and O–H groups in total. The molecule has 2 atom stereocenters. The maximum absolute atomic E-state index is 5.35. The van der Waals surface area contributed by atoms with Crippen LogP contribution in [0.3, 0.4) is 0 Å². The molecule has 2 aliphatic heterocycles. The van der Waals surface area contributed by atoms with Crippen LogP contribution in [0.25, 0.3) is 0 Å². The maximum Gasteiger partial charge on any atom is 0.0602 e. The minimum absolute atomic E-state index is 0.644. The van der Waals surface area contributed by atoms with Crippen molar-refractivity contribution in [2.75, 3.05) is 26.2 Å². The van der Waals surface area contributed by atoms with Crippen LogP contribution in [0.5, 0.6) is 0 Å². The SMILES string of the molecule is C#CCN1CC2CCCN2CC1C. The van der Waals surface area contributed by atoms with Crippen molar-refractivity contribution in [3.8, 4) is 12.3 Å². The molecule has 0 spiro atoms. The van der Waals surface area contributed by atoms with E-state index in [-0.39, 0.29) is 0 Å². The van der Waals surface area contributed by atoms with Gasteiger partial charge in [0, 0.05) is 25.2 Å². The molecule has 2 saturated heterocycles. The first-order chi connectivity index (χ1) is 6.31. The number of nitrogens with zero attached hydrogens (tertiary/aromatic N) is 2. The number of rotatable bonds is 1. The molecule has 2 aliphatic rings. The van der Waals surface area contributed by atoms with Gasteiger partial charge < -0.3 is 0 Å². The van der Waals surface area contributed by atoms with Crippen LogP contribution in [-0.2, 0) is 0 Å². The molecular weight excluding hydrogens is 160 g/mol. The average molecular weight is 178 g/mol. The van der Waals surface area contributed by atoms with E-state index in [2.05, 4.69) is 22.6 Å². The predicted octanol–water partition coefficient (Wildman–Crippen LogP) is 0.788. The van der Waals surface area contributed by atoms with E-state index in [1.807, 2.05) is 0 Å². The van der Waals surface area contributed by atoms with E-state index >= 15 is 0 Å². The van der Waals surface area contributed by atoms with Gasteiger partial charge in [0.2, 0.25) is 0 Å². The van der Waals surface area contributed by atoms with Gasteiger partial charge in [-0.05, 0) is 26.3 Å². The number of fused-ring (bicyclic) bond motifs is 1. The van der Waals surface area contributed by atoms with Crippen LogP contribution in [0.15, 0.2) is 0 Å². The zero-order valence-corrected chi connectivity index (χ0v) is 8.37. The van der Waals surface area contributed by atoms with Gasteiger partial charge in [-0.2, -0.15) is 0 Å². The summed E-state index contributed by atoms with van der Waals surface area (Å²) in [5.41, 5.74) is 0. The van der Waals surface area contributed by atoms with Crippen molar-refractivity contribution in [2.45, 2.75) is 31.8 Å².